The quantitative estimate of drug-likeness (QED) is 0.779. The SMILES string of the molecule is CCOc1ccc(C(=O)OC[C@H]2CCCN3CCCC[C@H]23)cc1. The zero-order chi connectivity index (χ0) is 16.1. The molecule has 3 rings (SSSR count). The Kier molecular flexibility index (Phi) is 5.55. The van der Waals surface area contributed by atoms with Crippen molar-refractivity contribution in [3.63, 3.8) is 0 Å². The summed E-state index contributed by atoms with van der Waals surface area (Å²) in [5.41, 5.74) is 0.602. The van der Waals surface area contributed by atoms with E-state index in [4.69, 9.17) is 9.47 Å². The molecule has 0 radical (unpaired) electrons. The van der Waals surface area contributed by atoms with E-state index in [1.165, 1.54) is 45.2 Å². The normalized spacial score (nSPS) is 24.7. The van der Waals surface area contributed by atoms with Crippen LogP contribution in [0.25, 0.3) is 0 Å². The van der Waals surface area contributed by atoms with E-state index >= 15 is 0 Å². The molecule has 0 unspecified atom stereocenters. The molecule has 0 aliphatic carbocycles. The van der Waals surface area contributed by atoms with Crippen LogP contribution in [0.15, 0.2) is 24.3 Å². The molecule has 4 heteroatoms. The van der Waals surface area contributed by atoms with E-state index in [9.17, 15) is 4.79 Å². The predicted octanol–water partition coefficient (Wildman–Crippen LogP) is 3.51. The van der Waals surface area contributed by atoms with Crippen LogP contribution in [0.1, 0.15) is 49.4 Å². The number of rotatable bonds is 5. The molecule has 0 amide bonds. The topological polar surface area (TPSA) is 38.8 Å². The number of hydrogen-bond donors (Lipinski definition) is 0. The Morgan fingerprint density at radius 2 is 1.91 bits per heavy atom. The molecular weight excluding hydrogens is 290 g/mol. The number of nitrogens with zero attached hydrogens (tertiary/aromatic N) is 1. The summed E-state index contributed by atoms with van der Waals surface area (Å²) >= 11 is 0. The summed E-state index contributed by atoms with van der Waals surface area (Å²) in [4.78, 5) is 14.8. The van der Waals surface area contributed by atoms with Crippen molar-refractivity contribution in [3.8, 4) is 5.75 Å². The Labute approximate surface area is 138 Å². The maximum Gasteiger partial charge on any atom is 0.338 e. The van der Waals surface area contributed by atoms with Gasteiger partial charge in [-0.2, -0.15) is 0 Å². The number of hydrogen-bond acceptors (Lipinski definition) is 4. The molecule has 2 heterocycles. The van der Waals surface area contributed by atoms with Crippen molar-refractivity contribution in [2.75, 3.05) is 26.3 Å². The van der Waals surface area contributed by atoms with Crippen LogP contribution >= 0.6 is 0 Å². The lowest BCUT2D eigenvalue weighted by atomic mass is 9.84. The predicted molar refractivity (Wildman–Crippen MR) is 89.8 cm³/mol. The second-order valence-corrected chi connectivity index (χ2v) is 6.56. The fraction of sp³-hybridized carbons (Fsp3) is 0.632. The molecular formula is C19H27NO3. The van der Waals surface area contributed by atoms with E-state index in [-0.39, 0.29) is 5.97 Å². The van der Waals surface area contributed by atoms with Crippen molar-refractivity contribution in [2.45, 2.75) is 45.1 Å². The molecule has 1 aromatic rings. The van der Waals surface area contributed by atoms with Gasteiger partial charge in [0.1, 0.15) is 5.75 Å². The molecule has 0 saturated carbocycles. The van der Waals surface area contributed by atoms with Gasteiger partial charge in [-0.1, -0.05) is 6.42 Å². The highest BCUT2D eigenvalue weighted by molar-refractivity contribution is 5.89. The summed E-state index contributed by atoms with van der Waals surface area (Å²) in [5, 5.41) is 0. The van der Waals surface area contributed by atoms with Gasteiger partial charge in [0.25, 0.3) is 0 Å². The first-order valence-corrected chi connectivity index (χ1v) is 8.92. The highest BCUT2D eigenvalue weighted by Gasteiger charge is 2.33. The first-order valence-electron chi connectivity index (χ1n) is 8.92. The molecule has 0 bridgehead atoms. The molecule has 2 saturated heterocycles. The maximum atomic E-state index is 12.2. The summed E-state index contributed by atoms with van der Waals surface area (Å²) in [6.07, 6.45) is 6.28. The monoisotopic (exact) mass is 317 g/mol. The van der Waals surface area contributed by atoms with E-state index in [0.29, 0.717) is 30.7 Å². The number of esters is 1. The number of carbonyl (C=O) groups is 1. The van der Waals surface area contributed by atoms with Crippen molar-refractivity contribution < 1.29 is 14.3 Å². The van der Waals surface area contributed by atoms with Crippen LogP contribution in [-0.2, 0) is 4.74 Å². The number of piperidine rings is 2. The van der Waals surface area contributed by atoms with E-state index in [1.54, 1.807) is 12.1 Å². The first kappa shape index (κ1) is 16.3. The van der Waals surface area contributed by atoms with Gasteiger partial charge >= 0.3 is 5.97 Å². The summed E-state index contributed by atoms with van der Waals surface area (Å²) in [6, 6.07) is 7.82. The fourth-order valence-corrected chi connectivity index (χ4v) is 3.89. The highest BCUT2D eigenvalue weighted by Crippen LogP contribution is 2.31. The standard InChI is InChI=1S/C19H27NO3/c1-2-22-17-10-8-15(9-11-17)19(21)23-14-16-6-5-13-20-12-4-3-7-18(16)20/h8-11,16,18H,2-7,12-14H2,1H3/t16-,18-/m1/s1. The van der Waals surface area contributed by atoms with Crippen LogP contribution < -0.4 is 4.74 Å². The van der Waals surface area contributed by atoms with Crippen molar-refractivity contribution in [1.29, 1.82) is 0 Å². The Bertz CT molecular complexity index is 512. The molecule has 0 aromatic heterocycles. The average Bonchev–Trinajstić information content (AvgIpc) is 2.60. The van der Waals surface area contributed by atoms with E-state index < -0.39 is 0 Å². The minimum absolute atomic E-state index is 0.221. The summed E-state index contributed by atoms with van der Waals surface area (Å²) in [6.45, 7) is 5.56. The van der Waals surface area contributed by atoms with Gasteiger partial charge in [0.15, 0.2) is 0 Å². The van der Waals surface area contributed by atoms with Gasteiger partial charge in [0, 0.05) is 12.0 Å². The number of fused-ring (bicyclic) bond motifs is 1. The smallest absolute Gasteiger partial charge is 0.338 e. The van der Waals surface area contributed by atoms with Gasteiger partial charge in [0.05, 0.1) is 18.8 Å². The van der Waals surface area contributed by atoms with Crippen molar-refractivity contribution >= 4 is 5.97 Å². The zero-order valence-corrected chi connectivity index (χ0v) is 14.0. The van der Waals surface area contributed by atoms with Gasteiger partial charge in [0.2, 0.25) is 0 Å². The molecule has 4 nitrogen and oxygen atoms in total. The molecule has 1 aromatic carbocycles. The first-order chi connectivity index (χ1) is 11.3. The van der Waals surface area contributed by atoms with Crippen LogP contribution in [0.5, 0.6) is 5.75 Å². The summed E-state index contributed by atoms with van der Waals surface area (Å²) in [7, 11) is 0. The average molecular weight is 317 g/mol. The Morgan fingerprint density at radius 1 is 1.13 bits per heavy atom. The minimum Gasteiger partial charge on any atom is -0.494 e. The molecule has 0 N–H and O–H groups in total. The minimum atomic E-state index is -0.221. The summed E-state index contributed by atoms with van der Waals surface area (Å²) < 4.78 is 11.0. The molecule has 2 atom stereocenters. The number of benzene rings is 1. The lowest BCUT2D eigenvalue weighted by Gasteiger charge is -2.44. The van der Waals surface area contributed by atoms with E-state index in [0.717, 1.165) is 5.75 Å². The fourth-order valence-electron chi connectivity index (χ4n) is 3.89. The van der Waals surface area contributed by atoms with Crippen molar-refractivity contribution in [1.82, 2.24) is 4.90 Å². The highest BCUT2D eigenvalue weighted by atomic mass is 16.5. The Hall–Kier alpha value is -1.55. The summed E-state index contributed by atoms with van der Waals surface area (Å²) in [5.74, 6) is 1.06. The molecule has 2 aliphatic heterocycles. The lowest BCUT2D eigenvalue weighted by molar-refractivity contribution is 0.00739. The molecule has 2 aliphatic rings. The van der Waals surface area contributed by atoms with Crippen LogP contribution in [0.3, 0.4) is 0 Å². The van der Waals surface area contributed by atoms with E-state index in [1.807, 2.05) is 19.1 Å². The number of carbonyl (C=O) groups excluding carboxylic acids is 1. The Morgan fingerprint density at radius 3 is 2.70 bits per heavy atom. The zero-order valence-electron chi connectivity index (χ0n) is 14.0. The molecule has 0 spiro atoms. The van der Waals surface area contributed by atoms with E-state index in [2.05, 4.69) is 4.90 Å². The van der Waals surface area contributed by atoms with Gasteiger partial charge in [-0.25, -0.2) is 4.79 Å². The molecule has 126 valence electrons. The van der Waals surface area contributed by atoms with Gasteiger partial charge < -0.3 is 9.47 Å². The molecule has 2 fully saturated rings. The van der Waals surface area contributed by atoms with Gasteiger partial charge in [-0.3, -0.25) is 4.90 Å². The molecule has 23 heavy (non-hydrogen) atoms. The van der Waals surface area contributed by atoms with Crippen LogP contribution in [-0.4, -0.2) is 43.2 Å². The number of ether oxygens (including phenoxy) is 2. The second-order valence-electron chi connectivity index (χ2n) is 6.56. The van der Waals surface area contributed by atoms with Crippen molar-refractivity contribution in [3.05, 3.63) is 29.8 Å². The van der Waals surface area contributed by atoms with Gasteiger partial charge in [-0.15, -0.1) is 0 Å². The van der Waals surface area contributed by atoms with Crippen LogP contribution in [0.2, 0.25) is 0 Å². The largest absolute Gasteiger partial charge is 0.494 e. The van der Waals surface area contributed by atoms with Gasteiger partial charge in [-0.05, 0) is 70.0 Å². The third-order valence-electron chi connectivity index (χ3n) is 5.06. The third-order valence-corrected chi connectivity index (χ3v) is 5.06. The third kappa shape index (κ3) is 4.05. The van der Waals surface area contributed by atoms with Crippen molar-refractivity contribution in [2.24, 2.45) is 5.92 Å². The van der Waals surface area contributed by atoms with Crippen LogP contribution in [0.4, 0.5) is 0 Å². The Balaban J connectivity index is 1.53. The van der Waals surface area contributed by atoms with Crippen LogP contribution in [0, 0.1) is 5.92 Å². The maximum absolute atomic E-state index is 12.2. The lowest BCUT2D eigenvalue weighted by Crippen LogP contribution is -2.49. The second kappa shape index (κ2) is 7.82.